The standard InChI is InChI=1S/C51H77N7O8/c1-28(2)20-39(45(52)59)53-46(60)40(21-29(3)4)54-47(61)41(22-30(5)6)55-48(62)42(23-31(7)8)56-49(63)44-25-33(11)26-58(44)50(64)43(24-32(9)10)57-51(65)66-27-38-36-18-14-12-16-34(36)35-17-13-15-19-37(35)38/h12-19,28-33,38-44H,20-27H2,1-11H3,(H2,52,59)(H,53,60)(H,54,61)(H,55,62)(H,56,63)(H,57,65)/t33-,39-,40-,41-,42-,43-,44-/m0/s1. The number of alkyl carbamates (subject to hydrolysis) is 1. The van der Waals surface area contributed by atoms with Crippen molar-refractivity contribution in [2.24, 2.45) is 41.2 Å². The lowest BCUT2D eigenvalue weighted by Crippen LogP contribution is -2.60. The minimum absolute atomic E-state index is 0.00365. The van der Waals surface area contributed by atoms with Crippen LogP contribution in [-0.4, -0.2) is 95.8 Å². The van der Waals surface area contributed by atoms with Gasteiger partial charge >= 0.3 is 6.09 Å². The van der Waals surface area contributed by atoms with Crippen LogP contribution in [0.2, 0.25) is 0 Å². The number of nitrogens with zero attached hydrogens (tertiary/aromatic N) is 1. The second-order valence-electron chi connectivity index (χ2n) is 20.7. The molecule has 0 saturated carbocycles. The van der Waals surface area contributed by atoms with Crippen molar-refractivity contribution in [1.82, 2.24) is 31.5 Å². The summed E-state index contributed by atoms with van der Waals surface area (Å²) in [4.78, 5) is 97.6. The Labute approximate surface area is 392 Å². The number of rotatable bonds is 23. The summed E-state index contributed by atoms with van der Waals surface area (Å²) in [5.74, 6) is -3.49. The van der Waals surface area contributed by atoms with Crippen molar-refractivity contribution in [3.8, 4) is 11.1 Å². The summed E-state index contributed by atoms with van der Waals surface area (Å²) in [5, 5.41) is 14.1. The molecule has 0 aromatic heterocycles. The molecule has 0 unspecified atom stereocenters. The number of carbonyl (C=O) groups is 7. The lowest BCUT2D eigenvalue weighted by Gasteiger charge is -2.31. The lowest BCUT2D eigenvalue weighted by molar-refractivity contribution is -0.141. The predicted molar refractivity (Wildman–Crippen MR) is 255 cm³/mol. The van der Waals surface area contributed by atoms with Crippen LogP contribution in [0.5, 0.6) is 0 Å². The highest BCUT2D eigenvalue weighted by Gasteiger charge is 2.42. The Balaban J connectivity index is 1.47. The number of carbonyl (C=O) groups excluding carboxylic acids is 7. The van der Waals surface area contributed by atoms with E-state index in [1.54, 1.807) is 0 Å². The molecular weight excluding hydrogens is 839 g/mol. The third-order valence-electron chi connectivity index (χ3n) is 12.1. The average Bonchev–Trinajstić information content (AvgIpc) is 3.78. The zero-order valence-electron chi connectivity index (χ0n) is 41.1. The van der Waals surface area contributed by atoms with E-state index in [1.807, 2.05) is 113 Å². The summed E-state index contributed by atoms with van der Waals surface area (Å²) in [6, 6.07) is 10.2. The second-order valence-corrected chi connectivity index (χ2v) is 20.7. The van der Waals surface area contributed by atoms with Crippen LogP contribution in [-0.2, 0) is 33.5 Å². The van der Waals surface area contributed by atoms with Crippen LogP contribution in [0.4, 0.5) is 4.79 Å². The van der Waals surface area contributed by atoms with Crippen LogP contribution in [0.3, 0.4) is 0 Å². The monoisotopic (exact) mass is 916 g/mol. The summed E-state index contributed by atoms with van der Waals surface area (Å²) in [5.41, 5.74) is 9.93. The van der Waals surface area contributed by atoms with Crippen LogP contribution in [0.15, 0.2) is 48.5 Å². The summed E-state index contributed by atoms with van der Waals surface area (Å²) in [6.45, 7) is 21.5. The highest BCUT2D eigenvalue weighted by Crippen LogP contribution is 2.44. The van der Waals surface area contributed by atoms with E-state index in [-0.39, 0.29) is 73.8 Å². The van der Waals surface area contributed by atoms with E-state index in [4.69, 9.17) is 10.5 Å². The molecule has 364 valence electrons. The van der Waals surface area contributed by atoms with E-state index >= 15 is 0 Å². The largest absolute Gasteiger partial charge is 0.449 e. The fourth-order valence-electron chi connectivity index (χ4n) is 9.12. The Kier molecular flexibility index (Phi) is 19.6. The van der Waals surface area contributed by atoms with Gasteiger partial charge in [0, 0.05) is 12.5 Å². The maximum atomic E-state index is 14.4. The van der Waals surface area contributed by atoms with Gasteiger partial charge in [-0.3, -0.25) is 28.8 Å². The Morgan fingerprint density at radius 3 is 1.41 bits per heavy atom. The number of benzene rings is 2. The Hall–Kier alpha value is -5.47. The van der Waals surface area contributed by atoms with Gasteiger partial charge in [0.15, 0.2) is 0 Å². The van der Waals surface area contributed by atoms with Gasteiger partial charge in [-0.25, -0.2) is 4.79 Å². The molecule has 7 amide bonds. The molecule has 66 heavy (non-hydrogen) atoms. The first kappa shape index (κ1) is 53.1. The molecule has 1 saturated heterocycles. The van der Waals surface area contributed by atoms with E-state index in [1.165, 1.54) is 4.90 Å². The fourth-order valence-corrected chi connectivity index (χ4v) is 9.12. The smallest absolute Gasteiger partial charge is 0.407 e. The molecule has 7 N–H and O–H groups in total. The minimum Gasteiger partial charge on any atom is -0.449 e. The quantitative estimate of drug-likeness (QED) is 0.0801. The number of likely N-dealkylation sites (tertiary alicyclic amines) is 1. The zero-order valence-corrected chi connectivity index (χ0v) is 41.1. The summed E-state index contributed by atoms with van der Waals surface area (Å²) >= 11 is 0. The predicted octanol–water partition coefficient (Wildman–Crippen LogP) is 5.79. The first-order valence-corrected chi connectivity index (χ1v) is 24.0. The first-order valence-electron chi connectivity index (χ1n) is 24.0. The number of nitrogens with one attached hydrogen (secondary N) is 5. The van der Waals surface area contributed by atoms with Crippen LogP contribution in [0.1, 0.15) is 132 Å². The number of fused-ring (bicyclic) bond motifs is 3. The van der Waals surface area contributed by atoms with Crippen molar-refractivity contribution in [2.75, 3.05) is 13.2 Å². The van der Waals surface area contributed by atoms with Crippen molar-refractivity contribution in [3.05, 3.63) is 59.7 Å². The maximum absolute atomic E-state index is 14.4. The summed E-state index contributed by atoms with van der Waals surface area (Å²) in [6.07, 6.45) is 1.01. The van der Waals surface area contributed by atoms with E-state index in [0.29, 0.717) is 19.3 Å². The van der Waals surface area contributed by atoms with Crippen molar-refractivity contribution >= 4 is 41.5 Å². The Morgan fingerprint density at radius 1 is 0.576 bits per heavy atom. The highest BCUT2D eigenvalue weighted by atomic mass is 16.5. The third-order valence-corrected chi connectivity index (χ3v) is 12.1. The molecule has 1 fully saturated rings. The van der Waals surface area contributed by atoms with Gasteiger partial charge in [0.1, 0.15) is 42.9 Å². The molecule has 7 atom stereocenters. The highest BCUT2D eigenvalue weighted by molar-refractivity contribution is 5.97. The number of primary amides is 1. The van der Waals surface area contributed by atoms with Gasteiger partial charge < -0.3 is 42.0 Å². The van der Waals surface area contributed by atoms with Gasteiger partial charge in [-0.2, -0.15) is 0 Å². The second kappa shape index (κ2) is 24.3. The molecule has 1 heterocycles. The summed E-state index contributed by atoms with van der Waals surface area (Å²) in [7, 11) is 0. The molecule has 1 aliphatic carbocycles. The van der Waals surface area contributed by atoms with Crippen molar-refractivity contribution in [3.63, 3.8) is 0 Å². The van der Waals surface area contributed by atoms with Crippen LogP contribution in [0.25, 0.3) is 11.1 Å². The summed E-state index contributed by atoms with van der Waals surface area (Å²) < 4.78 is 5.82. The number of hydrogen-bond donors (Lipinski definition) is 6. The molecule has 15 heteroatoms. The topological polar surface area (TPSA) is 218 Å². The first-order chi connectivity index (χ1) is 31.1. The molecule has 15 nitrogen and oxygen atoms in total. The zero-order chi connectivity index (χ0) is 49.0. The maximum Gasteiger partial charge on any atom is 0.407 e. The number of hydrogen-bond acceptors (Lipinski definition) is 8. The molecule has 2 aliphatic rings. The molecule has 2 aromatic carbocycles. The molecule has 4 rings (SSSR count). The average molecular weight is 916 g/mol. The van der Waals surface area contributed by atoms with Crippen LogP contribution >= 0.6 is 0 Å². The number of amides is 7. The van der Waals surface area contributed by atoms with Gasteiger partial charge in [-0.05, 0) is 96.3 Å². The molecule has 0 bridgehead atoms. The lowest BCUT2D eigenvalue weighted by atomic mass is 9.98. The van der Waals surface area contributed by atoms with Gasteiger partial charge in [0.05, 0.1) is 0 Å². The van der Waals surface area contributed by atoms with E-state index in [9.17, 15) is 33.6 Å². The van der Waals surface area contributed by atoms with Gasteiger partial charge in [0.2, 0.25) is 35.4 Å². The van der Waals surface area contributed by atoms with Crippen LogP contribution in [0, 0.1) is 35.5 Å². The molecule has 2 aromatic rings. The van der Waals surface area contributed by atoms with Gasteiger partial charge in [-0.15, -0.1) is 0 Å². The van der Waals surface area contributed by atoms with E-state index < -0.39 is 77.8 Å². The Morgan fingerprint density at radius 2 is 0.970 bits per heavy atom. The molecule has 1 aliphatic heterocycles. The third kappa shape index (κ3) is 15.0. The number of ether oxygens (including phenoxy) is 1. The molecule has 0 spiro atoms. The fraction of sp³-hybridized carbons (Fsp3) is 0.627. The van der Waals surface area contributed by atoms with Crippen molar-refractivity contribution < 1.29 is 38.3 Å². The van der Waals surface area contributed by atoms with Gasteiger partial charge in [-0.1, -0.05) is 125 Å². The molecular formula is C51H77N7O8. The van der Waals surface area contributed by atoms with Crippen molar-refractivity contribution in [1.29, 1.82) is 0 Å². The van der Waals surface area contributed by atoms with E-state index in [0.717, 1.165) is 22.3 Å². The van der Waals surface area contributed by atoms with E-state index in [2.05, 4.69) is 38.7 Å². The van der Waals surface area contributed by atoms with Crippen molar-refractivity contribution in [2.45, 2.75) is 157 Å². The Bertz CT molecular complexity index is 1970. The van der Waals surface area contributed by atoms with Gasteiger partial charge in [0.25, 0.3) is 0 Å². The minimum atomic E-state index is -1.06. The molecule has 0 radical (unpaired) electrons. The SMILES string of the molecule is CC(C)C[C@H](NC(=O)[C@H](CC(C)C)NC(=O)[C@H](CC(C)C)NC(=O)[C@H](CC(C)C)NC(=O)[C@@H]1C[C@H](C)CN1C(=O)[C@H](CC(C)C)NC(=O)OCC1c2ccccc2-c2ccccc21)C(N)=O. The number of nitrogens with two attached hydrogens (primary N) is 1. The van der Waals surface area contributed by atoms with Crippen LogP contribution < -0.4 is 32.3 Å². The normalized spacial score (nSPS) is 18.0.